The number of nitrogens with one attached hydrogen (secondary N) is 1. The number of halogens is 1. The van der Waals surface area contributed by atoms with Crippen molar-refractivity contribution in [3.05, 3.63) is 87.1 Å². The number of carbonyl (C=O) groups is 1. The number of carbonyl (C=O) groups excluding carboxylic acids is 1. The minimum atomic E-state index is -3.22. The van der Waals surface area contributed by atoms with E-state index in [0.717, 1.165) is 12.8 Å². The molecule has 196 valence electrons. The molecule has 1 fully saturated rings. The third-order valence-corrected chi connectivity index (χ3v) is 7.60. The van der Waals surface area contributed by atoms with Gasteiger partial charge in [-0.05, 0) is 48.9 Å². The highest BCUT2D eigenvalue weighted by molar-refractivity contribution is 7.89. The molecule has 38 heavy (non-hydrogen) atoms. The van der Waals surface area contributed by atoms with Crippen LogP contribution in [-0.4, -0.2) is 35.1 Å². The topological polar surface area (TPSA) is 137 Å². The van der Waals surface area contributed by atoms with Crippen LogP contribution in [0, 0.1) is 0 Å². The van der Waals surface area contributed by atoms with Crippen molar-refractivity contribution in [3.63, 3.8) is 0 Å². The Morgan fingerprint density at radius 1 is 1.21 bits per heavy atom. The molecule has 3 N–H and O–H groups in total. The normalized spacial score (nSPS) is 14.4. The Bertz CT molecular complexity index is 1750. The Morgan fingerprint density at radius 2 is 1.95 bits per heavy atom. The number of rotatable bonds is 7. The quantitative estimate of drug-likeness (QED) is 0.353. The van der Waals surface area contributed by atoms with E-state index >= 15 is 0 Å². The summed E-state index contributed by atoms with van der Waals surface area (Å²) >= 11 is 6.34. The van der Waals surface area contributed by atoms with Crippen LogP contribution in [-0.2, 0) is 15.6 Å². The lowest BCUT2D eigenvalue weighted by molar-refractivity contribution is 0.0934. The fraction of sp³-hybridized carbons (Fsp3) is 0.259. The number of anilines is 1. The van der Waals surface area contributed by atoms with Gasteiger partial charge in [-0.15, -0.1) is 0 Å². The van der Waals surface area contributed by atoms with Gasteiger partial charge in [-0.25, -0.2) is 18.4 Å². The van der Waals surface area contributed by atoms with Crippen LogP contribution in [0.25, 0.3) is 22.0 Å². The number of hydrogen-bond acceptors (Lipinski definition) is 7. The van der Waals surface area contributed by atoms with Gasteiger partial charge in [0.2, 0.25) is 0 Å². The highest BCUT2D eigenvalue weighted by Crippen LogP contribution is 2.37. The van der Waals surface area contributed by atoms with Gasteiger partial charge in [0, 0.05) is 23.6 Å². The van der Waals surface area contributed by atoms with Gasteiger partial charge >= 0.3 is 0 Å². The van der Waals surface area contributed by atoms with Crippen LogP contribution in [0.3, 0.4) is 0 Å². The van der Waals surface area contributed by atoms with Crippen molar-refractivity contribution in [2.24, 2.45) is 0 Å². The molecular formula is C27H26ClN5O4S. The van der Waals surface area contributed by atoms with Crippen LogP contribution in [0.5, 0.6) is 0 Å². The SMILES string of the molecule is C[C@H](NC(=O)c1nc(-c2cccc(CS(C)(=O)=O)c2)cnc1N)c1cc2cccc(Cl)c2c(=O)n1C1CC1. The Labute approximate surface area is 224 Å². The molecule has 0 spiro atoms. The van der Waals surface area contributed by atoms with Gasteiger partial charge < -0.3 is 15.6 Å². The summed E-state index contributed by atoms with van der Waals surface area (Å²) in [6.07, 6.45) is 4.36. The zero-order valence-corrected chi connectivity index (χ0v) is 22.4. The van der Waals surface area contributed by atoms with E-state index in [4.69, 9.17) is 17.3 Å². The fourth-order valence-corrected chi connectivity index (χ4v) is 5.61. The molecule has 0 bridgehead atoms. The predicted octanol–water partition coefficient (Wildman–Crippen LogP) is 4.06. The number of aromatic nitrogens is 3. The van der Waals surface area contributed by atoms with Gasteiger partial charge in [-0.3, -0.25) is 9.59 Å². The van der Waals surface area contributed by atoms with Crippen LogP contribution in [0.15, 0.2) is 59.5 Å². The molecule has 1 aliphatic rings. The Balaban J connectivity index is 1.47. The molecule has 11 heteroatoms. The maximum atomic E-state index is 13.4. The summed E-state index contributed by atoms with van der Waals surface area (Å²) in [7, 11) is -3.22. The lowest BCUT2D eigenvalue weighted by Crippen LogP contribution is -2.33. The number of pyridine rings is 1. The van der Waals surface area contributed by atoms with Crippen molar-refractivity contribution < 1.29 is 13.2 Å². The van der Waals surface area contributed by atoms with E-state index in [0.29, 0.717) is 38.3 Å². The van der Waals surface area contributed by atoms with Crippen LogP contribution < -0.4 is 16.6 Å². The first-order chi connectivity index (χ1) is 18.0. The number of sulfone groups is 1. The van der Waals surface area contributed by atoms with Crippen molar-refractivity contribution in [2.45, 2.75) is 37.6 Å². The summed E-state index contributed by atoms with van der Waals surface area (Å²) < 4.78 is 25.1. The van der Waals surface area contributed by atoms with Crippen LogP contribution >= 0.6 is 11.6 Å². The van der Waals surface area contributed by atoms with E-state index in [1.54, 1.807) is 47.9 Å². The monoisotopic (exact) mass is 551 g/mol. The molecule has 1 saturated carbocycles. The van der Waals surface area contributed by atoms with Gasteiger partial charge in [0.1, 0.15) is 0 Å². The number of benzene rings is 2. The fourth-order valence-electron chi connectivity index (χ4n) is 4.56. The predicted molar refractivity (Wildman–Crippen MR) is 148 cm³/mol. The van der Waals surface area contributed by atoms with E-state index in [-0.39, 0.29) is 28.9 Å². The van der Waals surface area contributed by atoms with Crippen molar-refractivity contribution in [2.75, 3.05) is 12.0 Å². The Kier molecular flexibility index (Phi) is 6.70. The molecule has 2 aromatic carbocycles. The van der Waals surface area contributed by atoms with Gasteiger partial charge in [0.15, 0.2) is 21.3 Å². The molecule has 2 aromatic heterocycles. The lowest BCUT2D eigenvalue weighted by atomic mass is 10.1. The highest BCUT2D eigenvalue weighted by atomic mass is 35.5. The average Bonchev–Trinajstić information content (AvgIpc) is 3.68. The van der Waals surface area contributed by atoms with Crippen molar-refractivity contribution >= 4 is 43.9 Å². The summed E-state index contributed by atoms with van der Waals surface area (Å²) in [6, 6.07) is 13.6. The largest absolute Gasteiger partial charge is 0.382 e. The van der Waals surface area contributed by atoms with E-state index in [1.807, 2.05) is 12.1 Å². The van der Waals surface area contributed by atoms with Crippen LogP contribution in [0.4, 0.5) is 5.82 Å². The van der Waals surface area contributed by atoms with Gasteiger partial charge in [-0.1, -0.05) is 41.9 Å². The first-order valence-electron chi connectivity index (χ1n) is 12.1. The second-order valence-corrected chi connectivity index (χ2v) is 12.2. The number of nitrogen functional groups attached to an aromatic ring is 1. The van der Waals surface area contributed by atoms with Gasteiger partial charge in [-0.2, -0.15) is 0 Å². The summed E-state index contributed by atoms with van der Waals surface area (Å²) in [5.74, 6) is -0.707. The number of nitrogens with two attached hydrogens (primary N) is 1. The number of nitrogens with zero attached hydrogens (tertiary/aromatic N) is 3. The van der Waals surface area contributed by atoms with Crippen molar-refractivity contribution in [1.29, 1.82) is 0 Å². The van der Waals surface area contributed by atoms with Crippen LogP contribution in [0.2, 0.25) is 5.02 Å². The molecule has 0 aliphatic heterocycles. The smallest absolute Gasteiger partial charge is 0.274 e. The molecule has 1 aliphatic carbocycles. The zero-order chi connectivity index (χ0) is 27.2. The molecule has 2 heterocycles. The number of fused-ring (bicyclic) bond motifs is 1. The second-order valence-electron chi connectivity index (χ2n) is 9.63. The van der Waals surface area contributed by atoms with Crippen molar-refractivity contribution in [3.8, 4) is 11.3 Å². The molecule has 9 nitrogen and oxygen atoms in total. The molecule has 0 unspecified atom stereocenters. The molecular weight excluding hydrogens is 526 g/mol. The van der Waals surface area contributed by atoms with E-state index in [9.17, 15) is 18.0 Å². The highest BCUT2D eigenvalue weighted by Gasteiger charge is 2.30. The summed E-state index contributed by atoms with van der Waals surface area (Å²) in [5.41, 5.74) is 8.02. The third-order valence-electron chi connectivity index (χ3n) is 6.43. The third kappa shape index (κ3) is 5.27. The standard InChI is InChI=1S/C27H26ClN5O4S/c1-15(22-12-18-7-4-8-20(28)23(18)27(35)33(22)19-9-10-19)31-26(34)24-25(29)30-13-21(32-24)17-6-3-5-16(11-17)14-38(2,36)37/h3-8,11-13,15,19H,9-10,14H2,1-2H3,(H2,29,30)(H,31,34)/t15-/m0/s1. The first kappa shape index (κ1) is 25.9. The maximum Gasteiger partial charge on any atom is 0.274 e. The Hall–Kier alpha value is -3.76. The van der Waals surface area contributed by atoms with E-state index < -0.39 is 21.8 Å². The van der Waals surface area contributed by atoms with Crippen molar-refractivity contribution in [1.82, 2.24) is 19.9 Å². The summed E-state index contributed by atoms with van der Waals surface area (Å²) in [6.45, 7) is 1.80. The Morgan fingerprint density at radius 3 is 2.66 bits per heavy atom. The zero-order valence-electron chi connectivity index (χ0n) is 20.8. The minimum absolute atomic E-state index is 0.0457. The lowest BCUT2D eigenvalue weighted by Gasteiger charge is -2.21. The first-order valence-corrected chi connectivity index (χ1v) is 14.5. The van der Waals surface area contributed by atoms with Gasteiger partial charge in [0.25, 0.3) is 11.5 Å². The molecule has 0 radical (unpaired) electrons. The average molecular weight is 552 g/mol. The molecule has 4 aromatic rings. The summed E-state index contributed by atoms with van der Waals surface area (Å²) in [4.78, 5) is 35.3. The molecule has 1 amide bonds. The van der Waals surface area contributed by atoms with E-state index in [1.165, 1.54) is 12.5 Å². The second kappa shape index (κ2) is 9.85. The molecule has 1 atom stereocenters. The number of amides is 1. The minimum Gasteiger partial charge on any atom is -0.382 e. The van der Waals surface area contributed by atoms with E-state index in [2.05, 4.69) is 15.3 Å². The molecule has 0 saturated heterocycles. The van der Waals surface area contributed by atoms with Gasteiger partial charge in [0.05, 0.1) is 34.1 Å². The number of hydrogen-bond donors (Lipinski definition) is 2. The van der Waals surface area contributed by atoms with Crippen LogP contribution in [0.1, 0.15) is 53.6 Å². The summed E-state index contributed by atoms with van der Waals surface area (Å²) in [5, 5.41) is 4.47. The maximum absolute atomic E-state index is 13.4. The molecule has 5 rings (SSSR count).